The molecule has 1 aliphatic heterocycles. The van der Waals surface area contributed by atoms with Gasteiger partial charge in [0.15, 0.2) is 11.5 Å². The summed E-state index contributed by atoms with van der Waals surface area (Å²) in [4.78, 5) is 39.0. The Morgan fingerprint density at radius 1 is 1.07 bits per heavy atom. The first kappa shape index (κ1) is 20.5. The number of rotatable bonds is 5. The Morgan fingerprint density at radius 2 is 1.79 bits per heavy atom. The number of hydrogen-bond acceptors (Lipinski definition) is 6. The molecule has 9 nitrogen and oxygen atoms in total. The summed E-state index contributed by atoms with van der Waals surface area (Å²) in [6.45, 7) is 1.11. The number of benzene rings is 1. The topological polar surface area (TPSA) is 94.8 Å². The van der Waals surface area contributed by atoms with Gasteiger partial charge in [0, 0.05) is 45.0 Å². The number of methoxy groups -OCH3 is 2. The minimum Gasteiger partial charge on any atom is -0.493 e. The van der Waals surface area contributed by atoms with Crippen LogP contribution in [0.2, 0.25) is 0 Å². The van der Waals surface area contributed by atoms with Gasteiger partial charge in [0.1, 0.15) is 5.82 Å². The van der Waals surface area contributed by atoms with Crippen LogP contribution in [0.4, 0.5) is 11.5 Å². The highest BCUT2D eigenvalue weighted by Crippen LogP contribution is 2.30. The van der Waals surface area contributed by atoms with Gasteiger partial charge in [0.2, 0.25) is 5.91 Å². The van der Waals surface area contributed by atoms with E-state index < -0.39 is 0 Å². The van der Waals surface area contributed by atoms with Gasteiger partial charge in [-0.3, -0.25) is 18.7 Å². The van der Waals surface area contributed by atoms with Crippen LogP contribution >= 0.6 is 0 Å². The standard InChI is InChI=1S/C20H26N4O5/c1-22-17(11-18(25)23(2)20(22)27)24-9-5-6-13(12-24)19(26)21-14-7-8-15(28-3)16(10-14)29-4/h7-8,10-11,13H,5-6,9,12H2,1-4H3,(H,21,26)/t13-/m0/s1. The van der Waals surface area contributed by atoms with Crippen LogP contribution in [0, 0.1) is 5.92 Å². The minimum atomic E-state index is -0.385. The molecule has 9 heteroatoms. The lowest BCUT2D eigenvalue weighted by Gasteiger charge is -2.34. The van der Waals surface area contributed by atoms with Gasteiger partial charge in [0.05, 0.1) is 20.1 Å². The molecule has 1 aromatic heterocycles. The monoisotopic (exact) mass is 402 g/mol. The molecular formula is C20H26N4O5. The molecule has 3 rings (SSSR count). The fourth-order valence-corrected chi connectivity index (χ4v) is 3.58. The Hall–Kier alpha value is -3.23. The first-order valence-corrected chi connectivity index (χ1v) is 9.40. The van der Waals surface area contributed by atoms with E-state index in [1.165, 1.54) is 24.8 Å². The van der Waals surface area contributed by atoms with Crippen molar-refractivity contribution in [2.45, 2.75) is 12.8 Å². The fourth-order valence-electron chi connectivity index (χ4n) is 3.58. The third-order valence-corrected chi connectivity index (χ3v) is 5.27. The molecule has 29 heavy (non-hydrogen) atoms. The molecule has 0 spiro atoms. The fraction of sp³-hybridized carbons (Fsp3) is 0.450. The van der Waals surface area contributed by atoms with E-state index in [1.807, 2.05) is 4.90 Å². The third-order valence-electron chi connectivity index (χ3n) is 5.27. The van der Waals surface area contributed by atoms with E-state index in [0.717, 1.165) is 17.4 Å². The molecule has 1 saturated heterocycles. The van der Waals surface area contributed by atoms with Crippen molar-refractivity contribution in [1.29, 1.82) is 0 Å². The van der Waals surface area contributed by atoms with Crippen molar-refractivity contribution in [1.82, 2.24) is 9.13 Å². The molecule has 2 heterocycles. The normalized spacial score (nSPS) is 16.4. The predicted octanol–water partition coefficient (Wildman–Crippen LogP) is 0.956. The number of carbonyl (C=O) groups excluding carboxylic acids is 1. The zero-order valence-electron chi connectivity index (χ0n) is 17.1. The van der Waals surface area contributed by atoms with E-state index in [9.17, 15) is 14.4 Å². The number of piperidine rings is 1. The average Bonchev–Trinajstić information content (AvgIpc) is 2.74. The van der Waals surface area contributed by atoms with Crippen molar-refractivity contribution in [2.24, 2.45) is 20.0 Å². The molecular weight excluding hydrogens is 376 g/mol. The van der Waals surface area contributed by atoms with Gasteiger partial charge >= 0.3 is 5.69 Å². The highest BCUT2D eigenvalue weighted by molar-refractivity contribution is 5.93. The highest BCUT2D eigenvalue weighted by atomic mass is 16.5. The number of ether oxygens (including phenoxy) is 2. The summed E-state index contributed by atoms with van der Waals surface area (Å²) in [5.41, 5.74) is -0.129. The van der Waals surface area contributed by atoms with Gasteiger partial charge in [-0.05, 0) is 25.0 Å². The largest absolute Gasteiger partial charge is 0.493 e. The van der Waals surface area contributed by atoms with Crippen LogP contribution in [-0.2, 0) is 18.9 Å². The number of nitrogens with one attached hydrogen (secondary N) is 1. The summed E-state index contributed by atoms with van der Waals surface area (Å²) in [6, 6.07) is 6.64. The molecule has 0 unspecified atom stereocenters. The Balaban J connectivity index is 1.77. The van der Waals surface area contributed by atoms with E-state index in [4.69, 9.17) is 9.47 Å². The maximum absolute atomic E-state index is 12.8. The van der Waals surface area contributed by atoms with Crippen LogP contribution in [0.1, 0.15) is 12.8 Å². The Bertz CT molecular complexity index is 1030. The smallest absolute Gasteiger partial charge is 0.332 e. The molecule has 156 valence electrons. The van der Waals surface area contributed by atoms with Gasteiger partial charge in [-0.2, -0.15) is 0 Å². The van der Waals surface area contributed by atoms with E-state index in [2.05, 4.69) is 5.32 Å². The van der Waals surface area contributed by atoms with Gasteiger partial charge in [-0.25, -0.2) is 4.79 Å². The van der Waals surface area contributed by atoms with E-state index >= 15 is 0 Å². The van der Waals surface area contributed by atoms with Crippen molar-refractivity contribution in [3.63, 3.8) is 0 Å². The second-order valence-corrected chi connectivity index (χ2v) is 7.09. The molecule has 1 aromatic carbocycles. The first-order valence-electron chi connectivity index (χ1n) is 9.40. The molecule has 0 radical (unpaired) electrons. The number of nitrogens with zero attached hydrogens (tertiary/aromatic N) is 3. The molecule has 0 aliphatic carbocycles. The number of anilines is 2. The van der Waals surface area contributed by atoms with E-state index in [-0.39, 0.29) is 23.1 Å². The van der Waals surface area contributed by atoms with Gasteiger partial charge in [0.25, 0.3) is 5.56 Å². The van der Waals surface area contributed by atoms with Gasteiger partial charge in [-0.1, -0.05) is 0 Å². The van der Waals surface area contributed by atoms with Crippen molar-refractivity contribution >= 4 is 17.4 Å². The van der Waals surface area contributed by atoms with Crippen LogP contribution in [0.3, 0.4) is 0 Å². The number of amides is 1. The Morgan fingerprint density at radius 3 is 2.48 bits per heavy atom. The molecule has 1 aliphatic rings. The molecule has 1 N–H and O–H groups in total. The zero-order valence-corrected chi connectivity index (χ0v) is 17.1. The summed E-state index contributed by atoms with van der Waals surface area (Å²) < 4.78 is 13.0. The maximum atomic E-state index is 12.8. The molecule has 0 bridgehead atoms. The summed E-state index contributed by atoms with van der Waals surface area (Å²) in [6.07, 6.45) is 1.52. The lowest BCUT2D eigenvalue weighted by Crippen LogP contribution is -2.45. The zero-order chi connectivity index (χ0) is 21.1. The predicted molar refractivity (Wildman–Crippen MR) is 110 cm³/mol. The minimum absolute atomic E-state index is 0.115. The quantitative estimate of drug-likeness (QED) is 0.800. The lowest BCUT2D eigenvalue weighted by atomic mass is 9.97. The molecule has 2 aromatic rings. The van der Waals surface area contributed by atoms with Crippen LogP contribution in [0.15, 0.2) is 33.9 Å². The van der Waals surface area contributed by atoms with E-state index in [1.54, 1.807) is 32.4 Å². The summed E-state index contributed by atoms with van der Waals surface area (Å²) in [5.74, 6) is 1.26. The van der Waals surface area contributed by atoms with Crippen LogP contribution in [-0.4, -0.2) is 42.4 Å². The molecule has 1 amide bonds. The Labute approximate surface area is 168 Å². The molecule has 1 fully saturated rings. The van der Waals surface area contributed by atoms with Crippen molar-refractivity contribution in [3.8, 4) is 11.5 Å². The summed E-state index contributed by atoms with van der Waals surface area (Å²) in [7, 11) is 6.17. The maximum Gasteiger partial charge on any atom is 0.332 e. The van der Waals surface area contributed by atoms with Crippen molar-refractivity contribution < 1.29 is 14.3 Å². The number of aromatic nitrogens is 2. The molecule has 0 saturated carbocycles. The number of hydrogen-bond donors (Lipinski definition) is 1. The summed E-state index contributed by atoms with van der Waals surface area (Å²) >= 11 is 0. The van der Waals surface area contributed by atoms with Crippen molar-refractivity contribution in [3.05, 3.63) is 45.1 Å². The lowest BCUT2D eigenvalue weighted by molar-refractivity contribution is -0.120. The number of carbonyl (C=O) groups is 1. The van der Waals surface area contributed by atoms with Gasteiger partial charge in [-0.15, -0.1) is 0 Å². The summed E-state index contributed by atoms with van der Waals surface area (Å²) in [5, 5.41) is 2.92. The second kappa shape index (κ2) is 8.42. The van der Waals surface area contributed by atoms with Crippen LogP contribution < -0.4 is 30.9 Å². The second-order valence-electron chi connectivity index (χ2n) is 7.09. The van der Waals surface area contributed by atoms with Crippen LogP contribution in [0.25, 0.3) is 0 Å². The molecule has 1 atom stereocenters. The SMILES string of the molecule is COc1ccc(NC(=O)[C@H]2CCCN(c3cc(=O)n(C)c(=O)n3C)C2)cc1OC. The average molecular weight is 402 g/mol. The van der Waals surface area contributed by atoms with Crippen molar-refractivity contribution in [2.75, 3.05) is 37.5 Å². The van der Waals surface area contributed by atoms with E-state index in [0.29, 0.717) is 36.1 Å². The third kappa shape index (κ3) is 4.13. The first-order chi connectivity index (χ1) is 13.8. The highest BCUT2D eigenvalue weighted by Gasteiger charge is 2.27. The van der Waals surface area contributed by atoms with Gasteiger partial charge < -0.3 is 19.7 Å². The van der Waals surface area contributed by atoms with Crippen LogP contribution in [0.5, 0.6) is 11.5 Å². The Kier molecular flexibility index (Phi) is 5.95.